The van der Waals surface area contributed by atoms with E-state index < -0.39 is 5.97 Å². The van der Waals surface area contributed by atoms with Crippen LogP contribution in [0.5, 0.6) is 5.75 Å². The van der Waals surface area contributed by atoms with Gasteiger partial charge in [-0.3, -0.25) is 0 Å². The third-order valence-electron chi connectivity index (χ3n) is 3.20. The van der Waals surface area contributed by atoms with Gasteiger partial charge < -0.3 is 9.84 Å². The Balaban J connectivity index is 2.32. The normalized spacial score (nSPS) is 10.3. The highest BCUT2D eigenvalue weighted by molar-refractivity contribution is 5.92. The summed E-state index contributed by atoms with van der Waals surface area (Å²) in [6.07, 6.45) is 0.974. The molecule has 3 heteroatoms. The molecular formula is C17H18O3. The van der Waals surface area contributed by atoms with Crippen LogP contribution >= 0.6 is 0 Å². The van der Waals surface area contributed by atoms with E-state index in [1.54, 1.807) is 12.1 Å². The van der Waals surface area contributed by atoms with Gasteiger partial charge in [0.05, 0.1) is 12.2 Å². The Bertz CT molecular complexity index is 600. The molecule has 0 fully saturated rings. The predicted octanol–water partition coefficient (Wildman–Crippen LogP) is 4.15. The topological polar surface area (TPSA) is 46.5 Å². The molecule has 0 heterocycles. The first-order chi connectivity index (χ1) is 9.63. The van der Waals surface area contributed by atoms with Gasteiger partial charge in [-0.2, -0.15) is 0 Å². The summed E-state index contributed by atoms with van der Waals surface area (Å²) in [4.78, 5) is 11.2. The predicted molar refractivity (Wildman–Crippen MR) is 79.4 cm³/mol. The number of hydrogen-bond donors (Lipinski definition) is 1. The molecule has 0 aliphatic carbocycles. The molecule has 0 saturated heterocycles. The molecule has 0 aromatic heterocycles. The summed E-state index contributed by atoms with van der Waals surface area (Å²) in [6, 6.07) is 13.1. The Hall–Kier alpha value is -2.29. The molecule has 0 unspecified atom stereocenters. The molecule has 2 aromatic rings. The fraction of sp³-hybridized carbons (Fsp3) is 0.235. The fourth-order valence-electron chi connectivity index (χ4n) is 2.13. The van der Waals surface area contributed by atoms with Crippen molar-refractivity contribution in [2.45, 2.75) is 20.3 Å². The molecule has 20 heavy (non-hydrogen) atoms. The van der Waals surface area contributed by atoms with Gasteiger partial charge in [-0.25, -0.2) is 4.79 Å². The van der Waals surface area contributed by atoms with Crippen LogP contribution in [-0.2, 0) is 0 Å². The highest BCUT2D eigenvalue weighted by Gasteiger charge is 2.11. The second-order valence-corrected chi connectivity index (χ2v) is 4.66. The number of benzene rings is 2. The molecule has 3 nitrogen and oxygen atoms in total. The third kappa shape index (κ3) is 2.99. The van der Waals surface area contributed by atoms with Crippen LogP contribution in [0, 0.1) is 6.92 Å². The van der Waals surface area contributed by atoms with E-state index in [-0.39, 0.29) is 0 Å². The zero-order valence-corrected chi connectivity index (χ0v) is 11.7. The number of hydrogen-bond acceptors (Lipinski definition) is 2. The quantitative estimate of drug-likeness (QED) is 0.887. The molecule has 104 valence electrons. The lowest BCUT2D eigenvalue weighted by molar-refractivity contribution is 0.0696. The monoisotopic (exact) mass is 270 g/mol. The van der Waals surface area contributed by atoms with Crippen molar-refractivity contribution in [3.05, 3.63) is 53.6 Å². The maximum Gasteiger partial charge on any atom is 0.335 e. The van der Waals surface area contributed by atoms with Gasteiger partial charge in [0.1, 0.15) is 5.75 Å². The number of rotatable bonds is 5. The van der Waals surface area contributed by atoms with Gasteiger partial charge in [-0.1, -0.05) is 31.2 Å². The minimum atomic E-state index is -0.896. The number of aromatic carboxylic acids is 1. The van der Waals surface area contributed by atoms with Crippen molar-refractivity contribution >= 4 is 5.97 Å². The standard InChI is InChI=1S/C17H18O3/c1-3-11-20-14-9-7-13(8-10-14)15-5-4-6-16(12(15)2)17(18)19/h4-10H,3,11H2,1-2H3,(H,18,19). The van der Waals surface area contributed by atoms with E-state index in [4.69, 9.17) is 9.84 Å². The Morgan fingerprint density at radius 1 is 1.15 bits per heavy atom. The number of carboxylic acid groups (broad SMARTS) is 1. The molecule has 2 aromatic carbocycles. The van der Waals surface area contributed by atoms with Crippen molar-refractivity contribution < 1.29 is 14.6 Å². The van der Waals surface area contributed by atoms with Crippen molar-refractivity contribution in [2.24, 2.45) is 0 Å². The highest BCUT2D eigenvalue weighted by atomic mass is 16.5. The van der Waals surface area contributed by atoms with E-state index in [0.717, 1.165) is 28.9 Å². The van der Waals surface area contributed by atoms with Gasteiger partial charge in [0.15, 0.2) is 0 Å². The number of carboxylic acids is 1. The zero-order chi connectivity index (χ0) is 14.5. The minimum absolute atomic E-state index is 0.341. The summed E-state index contributed by atoms with van der Waals surface area (Å²) in [7, 11) is 0. The second kappa shape index (κ2) is 6.24. The maximum atomic E-state index is 11.2. The van der Waals surface area contributed by atoms with E-state index in [0.29, 0.717) is 12.2 Å². The lowest BCUT2D eigenvalue weighted by Crippen LogP contribution is -2.00. The van der Waals surface area contributed by atoms with Crippen LogP contribution in [0.15, 0.2) is 42.5 Å². The summed E-state index contributed by atoms with van der Waals surface area (Å²) < 4.78 is 5.54. The van der Waals surface area contributed by atoms with Crippen molar-refractivity contribution in [1.29, 1.82) is 0 Å². The minimum Gasteiger partial charge on any atom is -0.494 e. The second-order valence-electron chi connectivity index (χ2n) is 4.66. The first-order valence-electron chi connectivity index (χ1n) is 6.69. The molecule has 0 spiro atoms. The van der Waals surface area contributed by atoms with Gasteiger partial charge in [0, 0.05) is 0 Å². The molecule has 1 N–H and O–H groups in total. The van der Waals surface area contributed by atoms with Gasteiger partial charge in [0.2, 0.25) is 0 Å². The van der Waals surface area contributed by atoms with E-state index >= 15 is 0 Å². The summed E-state index contributed by atoms with van der Waals surface area (Å²) in [5.74, 6) is -0.0603. The molecule has 0 amide bonds. The van der Waals surface area contributed by atoms with Crippen LogP contribution in [0.25, 0.3) is 11.1 Å². The number of ether oxygens (including phenoxy) is 1. The SMILES string of the molecule is CCCOc1ccc(-c2cccc(C(=O)O)c2C)cc1. The third-order valence-corrected chi connectivity index (χ3v) is 3.20. The maximum absolute atomic E-state index is 11.2. The van der Waals surface area contributed by atoms with Crippen molar-refractivity contribution in [3.63, 3.8) is 0 Å². The molecule has 0 radical (unpaired) electrons. The summed E-state index contributed by atoms with van der Waals surface area (Å²) in [5.41, 5.74) is 3.05. The van der Waals surface area contributed by atoms with E-state index in [1.807, 2.05) is 37.3 Å². The van der Waals surface area contributed by atoms with Gasteiger partial charge >= 0.3 is 5.97 Å². The molecule has 0 saturated carbocycles. The largest absolute Gasteiger partial charge is 0.494 e. The highest BCUT2D eigenvalue weighted by Crippen LogP contribution is 2.27. The zero-order valence-electron chi connectivity index (χ0n) is 11.7. The van der Waals surface area contributed by atoms with Crippen LogP contribution in [0.3, 0.4) is 0 Å². The van der Waals surface area contributed by atoms with Crippen LogP contribution < -0.4 is 4.74 Å². The Labute approximate surface area is 118 Å². The first-order valence-corrected chi connectivity index (χ1v) is 6.69. The molecule has 0 atom stereocenters. The van der Waals surface area contributed by atoms with Crippen LogP contribution in [-0.4, -0.2) is 17.7 Å². The molecule has 0 bridgehead atoms. The van der Waals surface area contributed by atoms with E-state index in [2.05, 4.69) is 6.92 Å². The fourth-order valence-corrected chi connectivity index (χ4v) is 2.13. The number of carbonyl (C=O) groups is 1. The van der Waals surface area contributed by atoms with Crippen LogP contribution in [0.2, 0.25) is 0 Å². The summed E-state index contributed by atoms with van der Waals surface area (Å²) in [5, 5.41) is 9.16. The van der Waals surface area contributed by atoms with Crippen LogP contribution in [0.1, 0.15) is 29.3 Å². The molecule has 0 aliphatic heterocycles. The summed E-state index contributed by atoms with van der Waals surface area (Å²) >= 11 is 0. The van der Waals surface area contributed by atoms with E-state index in [9.17, 15) is 4.79 Å². The van der Waals surface area contributed by atoms with Crippen LogP contribution in [0.4, 0.5) is 0 Å². The Morgan fingerprint density at radius 2 is 1.85 bits per heavy atom. The lowest BCUT2D eigenvalue weighted by atomic mass is 9.96. The Kier molecular flexibility index (Phi) is 4.41. The van der Waals surface area contributed by atoms with E-state index in [1.165, 1.54) is 0 Å². The molecular weight excluding hydrogens is 252 g/mol. The average molecular weight is 270 g/mol. The average Bonchev–Trinajstić information content (AvgIpc) is 2.46. The smallest absolute Gasteiger partial charge is 0.335 e. The Morgan fingerprint density at radius 3 is 2.45 bits per heavy atom. The molecule has 2 rings (SSSR count). The van der Waals surface area contributed by atoms with Crippen molar-refractivity contribution in [3.8, 4) is 16.9 Å². The van der Waals surface area contributed by atoms with Gasteiger partial charge in [-0.05, 0) is 48.2 Å². The molecule has 0 aliphatic rings. The van der Waals surface area contributed by atoms with Gasteiger partial charge in [-0.15, -0.1) is 0 Å². The van der Waals surface area contributed by atoms with Gasteiger partial charge in [0.25, 0.3) is 0 Å². The summed E-state index contributed by atoms with van der Waals surface area (Å²) in [6.45, 7) is 4.60. The lowest BCUT2D eigenvalue weighted by Gasteiger charge is -2.10. The van der Waals surface area contributed by atoms with Crippen molar-refractivity contribution in [1.82, 2.24) is 0 Å². The first kappa shape index (κ1) is 14.1. The van der Waals surface area contributed by atoms with Crippen molar-refractivity contribution in [2.75, 3.05) is 6.61 Å².